The van der Waals surface area contributed by atoms with Crippen LogP contribution in [-0.2, 0) is 10.0 Å². The van der Waals surface area contributed by atoms with Crippen molar-refractivity contribution in [2.45, 2.75) is 37.7 Å². The number of sulfonamides is 1. The van der Waals surface area contributed by atoms with Gasteiger partial charge in [-0.15, -0.1) is 0 Å². The van der Waals surface area contributed by atoms with Gasteiger partial charge in [0.05, 0.1) is 30.4 Å². The van der Waals surface area contributed by atoms with Crippen molar-refractivity contribution in [1.29, 1.82) is 0 Å². The number of rotatable bonds is 6. The van der Waals surface area contributed by atoms with Crippen LogP contribution in [-0.4, -0.2) is 48.5 Å². The SMILES string of the molecule is CCOc1ccc(S(=O)(=O)N2CCCC(Oc3ncc(F)cn3)C2)cc1C. The third-order valence-corrected chi connectivity index (χ3v) is 6.15. The summed E-state index contributed by atoms with van der Waals surface area (Å²) in [6.45, 7) is 4.82. The average Bonchev–Trinajstić information content (AvgIpc) is 2.65. The highest BCUT2D eigenvalue weighted by atomic mass is 32.2. The minimum Gasteiger partial charge on any atom is -0.494 e. The van der Waals surface area contributed by atoms with Crippen molar-refractivity contribution in [2.75, 3.05) is 19.7 Å². The van der Waals surface area contributed by atoms with Crippen LogP contribution in [0, 0.1) is 12.7 Å². The summed E-state index contributed by atoms with van der Waals surface area (Å²) in [5, 5.41) is 0. The molecule has 1 aliphatic heterocycles. The number of aromatic nitrogens is 2. The molecule has 1 aromatic carbocycles. The smallest absolute Gasteiger partial charge is 0.316 e. The molecule has 146 valence electrons. The molecule has 1 aliphatic rings. The van der Waals surface area contributed by atoms with Crippen molar-refractivity contribution in [3.63, 3.8) is 0 Å². The second-order valence-electron chi connectivity index (χ2n) is 6.29. The van der Waals surface area contributed by atoms with Crippen LogP contribution in [0.5, 0.6) is 11.8 Å². The Hall–Kier alpha value is -2.26. The molecule has 27 heavy (non-hydrogen) atoms. The Morgan fingerprint density at radius 3 is 2.70 bits per heavy atom. The molecule has 0 spiro atoms. The minimum absolute atomic E-state index is 0.0394. The molecule has 0 saturated carbocycles. The van der Waals surface area contributed by atoms with Gasteiger partial charge in [0.25, 0.3) is 0 Å². The van der Waals surface area contributed by atoms with E-state index in [2.05, 4.69) is 9.97 Å². The second-order valence-corrected chi connectivity index (χ2v) is 8.23. The van der Waals surface area contributed by atoms with Crippen molar-refractivity contribution in [3.8, 4) is 11.8 Å². The molecule has 1 atom stereocenters. The van der Waals surface area contributed by atoms with Gasteiger partial charge in [-0.05, 0) is 50.5 Å². The first-order chi connectivity index (χ1) is 12.9. The second kappa shape index (κ2) is 8.18. The molecule has 9 heteroatoms. The summed E-state index contributed by atoms with van der Waals surface area (Å²) in [5.74, 6) is 0.117. The fourth-order valence-electron chi connectivity index (χ4n) is 2.98. The topological polar surface area (TPSA) is 81.6 Å². The maximum Gasteiger partial charge on any atom is 0.316 e. The summed E-state index contributed by atoms with van der Waals surface area (Å²) in [6, 6.07) is 4.89. The van der Waals surface area contributed by atoms with Gasteiger partial charge in [0, 0.05) is 6.54 Å². The molecule has 2 heterocycles. The van der Waals surface area contributed by atoms with E-state index in [0.29, 0.717) is 31.7 Å². The zero-order valence-corrected chi connectivity index (χ0v) is 16.1. The lowest BCUT2D eigenvalue weighted by molar-refractivity contribution is 0.119. The first kappa shape index (κ1) is 19.5. The van der Waals surface area contributed by atoms with Gasteiger partial charge in [0.15, 0.2) is 5.82 Å². The molecule has 0 bridgehead atoms. The van der Waals surface area contributed by atoms with Crippen LogP contribution in [0.25, 0.3) is 0 Å². The average molecular weight is 395 g/mol. The maximum atomic E-state index is 13.0. The van der Waals surface area contributed by atoms with Crippen LogP contribution in [0.1, 0.15) is 25.3 Å². The van der Waals surface area contributed by atoms with Gasteiger partial charge in [0.2, 0.25) is 10.0 Å². The molecule has 7 nitrogen and oxygen atoms in total. The summed E-state index contributed by atoms with van der Waals surface area (Å²) in [5.41, 5.74) is 0.766. The number of hydrogen-bond donors (Lipinski definition) is 0. The number of ether oxygens (including phenoxy) is 2. The van der Waals surface area contributed by atoms with Crippen molar-refractivity contribution >= 4 is 10.0 Å². The Bertz CT molecular complexity index is 890. The molecule has 3 rings (SSSR count). The van der Waals surface area contributed by atoms with E-state index < -0.39 is 15.8 Å². The Morgan fingerprint density at radius 1 is 1.30 bits per heavy atom. The van der Waals surface area contributed by atoms with Crippen molar-refractivity contribution in [1.82, 2.24) is 14.3 Å². The van der Waals surface area contributed by atoms with E-state index in [-0.39, 0.29) is 23.6 Å². The fraction of sp³-hybridized carbons (Fsp3) is 0.444. The van der Waals surface area contributed by atoms with E-state index in [9.17, 15) is 12.8 Å². The van der Waals surface area contributed by atoms with Crippen molar-refractivity contribution in [2.24, 2.45) is 0 Å². The van der Waals surface area contributed by atoms with E-state index >= 15 is 0 Å². The van der Waals surface area contributed by atoms with Crippen LogP contribution < -0.4 is 9.47 Å². The predicted molar refractivity (Wildman–Crippen MR) is 96.7 cm³/mol. The van der Waals surface area contributed by atoms with E-state index in [1.807, 2.05) is 13.8 Å². The quantitative estimate of drug-likeness (QED) is 0.748. The predicted octanol–water partition coefficient (Wildman–Crippen LogP) is 2.55. The summed E-state index contributed by atoms with van der Waals surface area (Å²) < 4.78 is 51.4. The largest absolute Gasteiger partial charge is 0.494 e. The van der Waals surface area contributed by atoms with Crippen LogP contribution >= 0.6 is 0 Å². The maximum absolute atomic E-state index is 13.0. The van der Waals surface area contributed by atoms with Crippen LogP contribution in [0.3, 0.4) is 0 Å². The Labute approximate surface area is 158 Å². The zero-order valence-electron chi connectivity index (χ0n) is 15.3. The third kappa shape index (κ3) is 4.54. The van der Waals surface area contributed by atoms with Gasteiger partial charge in [-0.25, -0.2) is 22.8 Å². The molecular weight excluding hydrogens is 373 g/mol. The summed E-state index contributed by atoms with van der Waals surface area (Å²) in [7, 11) is -3.65. The first-order valence-electron chi connectivity index (χ1n) is 8.78. The fourth-order valence-corrected chi connectivity index (χ4v) is 4.57. The van der Waals surface area contributed by atoms with Crippen molar-refractivity contribution in [3.05, 3.63) is 42.0 Å². The molecule has 0 amide bonds. The highest BCUT2D eigenvalue weighted by Crippen LogP contribution is 2.26. The van der Waals surface area contributed by atoms with Gasteiger partial charge in [0.1, 0.15) is 11.9 Å². The Balaban J connectivity index is 1.74. The van der Waals surface area contributed by atoms with Crippen LogP contribution in [0.2, 0.25) is 0 Å². The molecular formula is C18H22FN3O4S. The molecule has 1 unspecified atom stereocenters. The van der Waals surface area contributed by atoms with Crippen LogP contribution in [0.15, 0.2) is 35.5 Å². The van der Waals surface area contributed by atoms with Gasteiger partial charge in [-0.1, -0.05) is 0 Å². The molecule has 2 aromatic rings. The van der Waals surface area contributed by atoms with E-state index in [1.165, 1.54) is 4.31 Å². The lowest BCUT2D eigenvalue weighted by atomic mass is 10.1. The number of nitrogens with zero attached hydrogens (tertiary/aromatic N) is 3. The Kier molecular flexibility index (Phi) is 5.91. The van der Waals surface area contributed by atoms with Crippen LogP contribution in [0.4, 0.5) is 4.39 Å². The monoisotopic (exact) mass is 395 g/mol. The highest BCUT2D eigenvalue weighted by molar-refractivity contribution is 7.89. The van der Waals surface area contributed by atoms with E-state index in [0.717, 1.165) is 18.0 Å². The molecule has 0 aliphatic carbocycles. The van der Waals surface area contributed by atoms with Crippen molar-refractivity contribution < 1.29 is 22.3 Å². The minimum atomic E-state index is -3.65. The van der Waals surface area contributed by atoms with Gasteiger partial charge >= 0.3 is 6.01 Å². The van der Waals surface area contributed by atoms with Gasteiger partial charge in [-0.2, -0.15) is 4.31 Å². The molecule has 1 fully saturated rings. The molecule has 0 radical (unpaired) electrons. The standard InChI is InChI=1S/C18H22FN3O4S/c1-3-25-17-7-6-16(9-13(17)2)27(23,24)22-8-4-5-15(12-22)26-18-20-10-14(19)11-21-18/h6-7,9-11,15H,3-5,8,12H2,1-2H3. The number of benzene rings is 1. The lowest BCUT2D eigenvalue weighted by Crippen LogP contribution is -2.44. The van der Waals surface area contributed by atoms with Gasteiger partial charge in [-0.3, -0.25) is 0 Å². The first-order valence-corrected chi connectivity index (χ1v) is 10.2. The molecule has 1 aromatic heterocycles. The lowest BCUT2D eigenvalue weighted by Gasteiger charge is -2.31. The number of aryl methyl sites for hydroxylation is 1. The molecule has 0 N–H and O–H groups in total. The zero-order chi connectivity index (χ0) is 19.4. The third-order valence-electron chi connectivity index (χ3n) is 4.29. The molecule has 1 saturated heterocycles. The number of piperidine rings is 1. The summed E-state index contributed by atoms with van der Waals surface area (Å²) in [6.07, 6.45) is 2.98. The van der Waals surface area contributed by atoms with Gasteiger partial charge < -0.3 is 9.47 Å². The van der Waals surface area contributed by atoms with E-state index in [1.54, 1.807) is 18.2 Å². The highest BCUT2D eigenvalue weighted by Gasteiger charge is 2.31. The summed E-state index contributed by atoms with van der Waals surface area (Å²) in [4.78, 5) is 7.76. The number of halogens is 1. The summed E-state index contributed by atoms with van der Waals surface area (Å²) >= 11 is 0. The normalized spacial score (nSPS) is 18.3. The Morgan fingerprint density at radius 2 is 2.04 bits per heavy atom. The number of hydrogen-bond acceptors (Lipinski definition) is 6. The van der Waals surface area contributed by atoms with E-state index in [4.69, 9.17) is 9.47 Å².